The van der Waals surface area contributed by atoms with Gasteiger partial charge < -0.3 is 15.4 Å². The minimum absolute atomic E-state index is 0.0115. The number of carbonyl (C=O) groups is 1. The van der Waals surface area contributed by atoms with Crippen LogP contribution in [0.2, 0.25) is 0 Å². The van der Waals surface area contributed by atoms with E-state index in [4.69, 9.17) is 10.5 Å². The molecule has 92 valence electrons. The number of hydrogen-bond donors (Lipinski definition) is 1. The summed E-state index contributed by atoms with van der Waals surface area (Å²) in [5.74, 6) is -0.0115. The molecule has 0 radical (unpaired) electrons. The van der Waals surface area contributed by atoms with Crippen molar-refractivity contribution >= 4 is 5.91 Å². The SMILES string of the molecule is CN(CCN)C(=O)C1OCCc2ccccc21. The van der Waals surface area contributed by atoms with Crippen molar-refractivity contribution in [3.8, 4) is 0 Å². The second-order valence-corrected chi connectivity index (χ2v) is 4.25. The third-order valence-corrected chi connectivity index (χ3v) is 3.06. The number of nitrogens with zero attached hydrogens (tertiary/aromatic N) is 1. The highest BCUT2D eigenvalue weighted by atomic mass is 16.5. The van der Waals surface area contributed by atoms with Crippen LogP contribution in [0, 0.1) is 0 Å². The van der Waals surface area contributed by atoms with E-state index in [-0.39, 0.29) is 5.91 Å². The third kappa shape index (κ3) is 2.48. The van der Waals surface area contributed by atoms with Gasteiger partial charge in [-0.1, -0.05) is 24.3 Å². The van der Waals surface area contributed by atoms with Crippen molar-refractivity contribution in [3.05, 3.63) is 35.4 Å². The van der Waals surface area contributed by atoms with Crippen LogP contribution < -0.4 is 5.73 Å². The molecule has 0 aliphatic carbocycles. The maximum absolute atomic E-state index is 12.2. The van der Waals surface area contributed by atoms with Crippen molar-refractivity contribution in [1.82, 2.24) is 4.90 Å². The number of carbonyl (C=O) groups excluding carboxylic acids is 1. The van der Waals surface area contributed by atoms with Gasteiger partial charge >= 0.3 is 0 Å². The summed E-state index contributed by atoms with van der Waals surface area (Å²) < 4.78 is 5.60. The molecular formula is C13H18N2O2. The van der Waals surface area contributed by atoms with Crippen LogP contribution in [-0.4, -0.2) is 37.6 Å². The lowest BCUT2D eigenvalue weighted by Gasteiger charge is -2.28. The van der Waals surface area contributed by atoms with Gasteiger partial charge in [-0.15, -0.1) is 0 Å². The van der Waals surface area contributed by atoms with Crippen molar-refractivity contribution in [2.75, 3.05) is 26.7 Å². The van der Waals surface area contributed by atoms with E-state index in [0.717, 1.165) is 12.0 Å². The first-order valence-electron chi connectivity index (χ1n) is 5.88. The van der Waals surface area contributed by atoms with Crippen molar-refractivity contribution in [2.45, 2.75) is 12.5 Å². The molecule has 0 bridgehead atoms. The second kappa shape index (κ2) is 5.29. The Morgan fingerprint density at radius 3 is 3.06 bits per heavy atom. The molecule has 0 fully saturated rings. The van der Waals surface area contributed by atoms with E-state index in [2.05, 4.69) is 6.07 Å². The Balaban J connectivity index is 2.20. The summed E-state index contributed by atoms with van der Waals surface area (Å²) in [5, 5.41) is 0. The Morgan fingerprint density at radius 2 is 2.29 bits per heavy atom. The highest BCUT2D eigenvalue weighted by Crippen LogP contribution is 2.28. The van der Waals surface area contributed by atoms with Crippen molar-refractivity contribution < 1.29 is 9.53 Å². The number of fused-ring (bicyclic) bond motifs is 1. The fourth-order valence-corrected chi connectivity index (χ4v) is 2.10. The van der Waals surface area contributed by atoms with Crippen LogP contribution in [0.25, 0.3) is 0 Å². The lowest BCUT2D eigenvalue weighted by atomic mass is 9.97. The standard InChI is InChI=1S/C13H18N2O2/c1-15(8-7-14)13(16)12-11-5-3-2-4-10(11)6-9-17-12/h2-5,12H,6-9,14H2,1H3. The number of nitrogens with two attached hydrogens (primary N) is 1. The third-order valence-electron chi connectivity index (χ3n) is 3.06. The zero-order valence-corrected chi connectivity index (χ0v) is 10.1. The van der Waals surface area contributed by atoms with Gasteiger partial charge in [-0.2, -0.15) is 0 Å². The van der Waals surface area contributed by atoms with Crippen molar-refractivity contribution in [1.29, 1.82) is 0 Å². The van der Waals surface area contributed by atoms with Crippen LogP contribution in [0.5, 0.6) is 0 Å². The van der Waals surface area contributed by atoms with Gasteiger partial charge in [0.15, 0.2) is 6.10 Å². The average molecular weight is 234 g/mol. The number of amides is 1. The molecule has 2 rings (SSSR count). The Kier molecular flexibility index (Phi) is 3.76. The molecule has 4 nitrogen and oxygen atoms in total. The van der Waals surface area contributed by atoms with Crippen molar-refractivity contribution in [2.24, 2.45) is 5.73 Å². The summed E-state index contributed by atoms with van der Waals surface area (Å²) in [4.78, 5) is 13.8. The minimum atomic E-state index is -0.462. The Bertz CT molecular complexity index is 406. The molecule has 17 heavy (non-hydrogen) atoms. The second-order valence-electron chi connectivity index (χ2n) is 4.25. The van der Waals surface area contributed by atoms with E-state index < -0.39 is 6.10 Å². The predicted molar refractivity (Wildman–Crippen MR) is 65.5 cm³/mol. The van der Waals surface area contributed by atoms with Gasteiger partial charge in [-0.3, -0.25) is 4.79 Å². The maximum Gasteiger partial charge on any atom is 0.256 e. The fourth-order valence-electron chi connectivity index (χ4n) is 2.10. The van der Waals surface area contributed by atoms with E-state index in [1.165, 1.54) is 5.56 Å². The highest BCUT2D eigenvalue weighted by Gasteiger charge is 2.28. The van der Waals surface area contributed by atoms with E-state index in [1.54, 1.807) is 11.9 Å². The predicted octanol–water partition coefficient (Wildman–Crippen LogP) is 0.718. The molecule has 1 amide bonds. The molecule has 4 heteroatoms. The first-order valence-corrected chi connectivity index (χ1v) is 5.88. The Morgan fingerprint density at radius 1 is 1.53 bits per heavy atom. The van der Waals surface area contributed by atoms with Crippen LogP contribution >= 0.6 is 0 Å². The molecule has 1 unspecified atom stereocenters. The topological polar surface area (TPSA) is 55.6 Å². The fraction of sp³-hybridized carbons (Fsp3) is 0.462. The molecule has 0 saturated carbocycles. The van der Waals surface area contributed by atoms with Crippen LogP contribution in [0.1, 0.15) is 17.2 Å². The first kappa shape index (κ1) is 12.1. The molecule has 0 spiro atoms. The number of likely N-dealkylation sites (N-methyl/N-ethyl adjacent to an activating group) is 1. The van der Waals surface area contributed by atoms with Gasteiger partial charge in [0.1, 0.15) is 0 Å². The molecule has 1 atom stereocenters. The lowest BCUT2D eigenvalue weighted by molar-refractivity contribution is -0.143. The Hall–Kier alpha value is -1.39. The van der Waals surface area contributed by atoms with Crippen molar-refractivity contribution in [3.63, 3.8) is 0 Å². The van der Waals surface area contributed by atoms with E-state index in [0.29, 0.717) is 19.7 Å². The number of benzene rings is 1. The van der Waals surface area contributed by atoms with Gasteiger partial charge in [-0.25, -0.2) is 0 Å². The largest absolute Gasteiger partial charge is 0.363 e. The zero-order chi connectivity index (χ0) is 12.3. The van der Waals surface area contributed by atoms with E-state index in [1.807, 2.05) is 18.2 Å². The van der Waals surface area contributed by atoms with Gasteiger partial charge in [0.05, 0.1) is 6.61 Å². The maximum atomic E-state index is 12.2. The average Bonchev–Trinajstić information content (AvgIpc) is 2.37. The monoisotopic (exact) mass is 234 g/mol. The Labute approximate surface area is 101 Å². The lowest BCUT2D eigenvalue weighted by Crippen LogP contribution is -2.38. The first-order chi connectivity index (χ1) is 8.24. The van der Waals surface area contributed by atoms with Crippen LogP contribution in [-0.2, 0) is 16.0 Å². The molecule has 1 heterocycles. The smallest absolute Gasteiger partial charge is 0.256 e. The summed E-state index contributed by atoms with van der Waals surface area (Å²) in [7, 11) is 1.76. The van der Waals surface area contributed by atoms with Gasteiger partial charge in [0.2, 0.25) is 0 Å². The molecule has 1 aromatic carbocycles. The molecule has 1 aromatic rings. The molecule has 0 saturated heterocycles. The summed E-state index contributed by atoms with van der Waals surface area (Å²) >= 11 is 0. The number of hydrogen-bond acceptors (Lipinski definition) is 3. The van der Waals surface area contributed by atoms with Gasteiger partial charge in [0.25, 0.3) is 5.91 Å². The van der Waals surface area contributed by atoms with E-state index >= 15 is 0 Å². The molecule has 1 aliphatic rings. The quantitative estimate of drug-likeness (QED) is 0.838. The van der Waals surface area contributed by atoms with E-state index in [9.17, 15) is 4.79 Å². The molecule has 2 N–H and O–H groups in total. The van der Waals surface area contributed by atoms with Gasteiger partial charge in [-0.05, 0) is 17.5 Å². The number of rotatable bonds is 3. The van der Waals surface area contributed by atoms with Crippen LogP contribution in [0.15, 0.2) is 24.3 Å². The molecule has 1 aliphatic heterocycles. The number of ether oxygens (including phenoxy) is 1. The normalized spacial score (nSPS) is 18.6. The summed E-state index contributed by atoms with van der Waals surface area (Å²) in [6, 6.07) is 7.96. The highest BCUT2D eigenvalue weighted by molar-refractivity contribution is 5.82. The van der Waals surface area contributed by atoms with Crippen LogP contribution in [0.3, 0.4) is 0 Å². The van der Waals surface area contributed by atoms with Crippen LogP contribution in [0.4, 0.5) is 0 Å². The minimum Gasteiger partial charge on any atom is -0.363 e. The summed E-state index contributed by atoms with van der Waals surface area (Å²) in [6.07, 6.45) is 0.414. The molecule has 0 aromatic heterocycles. The summed E-state index contributed by atoms with van der Waals surface area (Å²) in [5.41, 5.74) is 7.66. The zero-order valence-electron chi connectivity index (χ0n) is 10.1. The van der Waals surface area contributed by atoms with Gasteiger partial charge in [0, 0.05) is 20.1 Å². The summed E-state index contributed by atoms with van der Waals surface area (Å²) in [6.45, 7) is 1.63. The molecular weight excluding hydrogens is 216 g/mol.